The van der Waals surface area contributed by atoms with E-state index in [1.54, 1.807) is 0 Å². The number of benzene rings is 1. The van der Waals surface area contributed by atoms with Crippen LogP contribution in [0.4, 0.5) is 0 Å². The molecule has 2 atom stereocenters. The minimum atomic E-state index is 0.476. The molecule has 2 aliphatic heterocycles. The van der Waals surface area contributed by atoms with Gasteiger partial charge in [-0.25, -0.2) is 0 Å². The quantitative estimate of drug-likeness (QED) is 0.590. The van der Waals surface area contributed by atoms with Crippen LogP contribution >= 0.6 is 0 Å². The summed E-state index contributed by atoms with van der Waals surface area (Å²) in [5.74, 6) is 0. The van der Waals surface area contributed by atoms with Crippen molar-refractivity contribution in [2.45, 2.75) is 24.9 Å². The van der Waals surface area contributed by atoms with Gasteiger partial charge < -0.3 is 5.32 Å². The van der Waals surface area contributed by atoms with Crippen LogP contribution in [0.3, 0.4) is 0 Å². The van der Waals surface area contributed by atoms with Crippen molar-refractivity contribution in [2.24, 2.45) is 0 Å². The van der Waals surface area contributed by atoms with Crippen molar-refractivity contribution in [3.8, 4) is 0 Å². The first-order valence-electron chi connectivity index (χ1n) is 4.94. The van der Waals surface area contributed by atoms with Crippen LogP contribution in [-0.4, -0.2) is 6.04 Å². The summed E-state index contributed by atoms with van der Waals surface area (Å²) in [7, 11) is 0. The Labute approximate surface area is 78.5 Å². The Morgan fingerprint density at radius 3 is 3.15 bits per heavy atom. The average Bonchev–Trinajstić information content (AvgIpc) is 2.18. The molecular weight excluding hydrogens is 158 g/mol. The Morgan fingerprint density at radius 2 is 2.15 bits per heavy atom. The molecule has 1 N–H and O–H groups in total. The number of fused-ring (bicyclic) bond motifs is 4. The Morgan fingerprint density at radius 1 is 1.23 bits per heavy atom. The molecule has 2 bridgehead atoms. The van der Waals surface area contributed by atoms with E-state index in [0.717, 1.165) is 0 Å². The van der Waals surface area contributed by atoms with E-state index < -0.39 is 0 Å². The topological polar surface area (TPSA) is 12.0 Å². The molecule has 2 aliphatic rings. The fraction of sp³-hybridized carbons (Fsp3) is 0.333. The van der Waals surface area contributed by atoms with E-state index in [9.17, 15) is 0 Å². The van der Waals surface area contributed by atoms with Crippen LogP contribution in [0.5, 0.6) is 0 Å². The summed E-state index contributed by atoms with van der Waals surface area (Å²) in [5.41, 5.74) is 3.00. The zero-order chi connectivity index (χ0) is 8.67. The lowest BCUT2D eigenvalue weighted by Crippen LogP contribution is -2.40. The van der Waals surface area contributed by atoms with Crippen molar-refractivity contribution < 1.29 is 0 Å². The molecule has 3 rings (SSSR count). The molecular formula is C12H13N. The highest BCUT2D eigenvalue weighted by Crippen LogP contribution is 2.29. The van der Waals surface area contributed by atoms with Crippen molar-refractivity contribution in [1.29, 1.82) is 0 Å². The van der Waals surface area contributed by atoms with Gasteiger partial charge in [-0.3, -0.25) is 0 Å². The molecule has 0 aliphatic carbocycles. The number of hydrogen-bond donors (Lipinski definition) is 1. The highest BCUT2D eigenvalue weighted by Gasteiger charge is 2.25. The van der Waals surface area contributed by atoms with E-state index in [4.69, 9.17) is 0 Å². The molecule has 0 saturated heterocycles. The van der Waals surface area contributed by atoms with Gasteiger partial charge in [0.15, 0.2) is 0 Å². The summed E-state index contributed by atoms with van der Waals surface area (Å²) in [6.07, 6.45) is 6.97. The highest BCUT2D eigenvalue weighted by molar-refractivity contribution is 5.37. The van der Waals surface area contributed by atoms with E-state index in [0.29, 0.717) is 12.1 Å². The standard InChI is InChI=1S/C12H13N/c1-2-6-11-9(4-1)8-10-5-3-7-12(11)13-10/h1-4,6-7,10,12-13H,5,8H2. The third kappa shape index (κ3) is 1.11. The summed E-state index contributed by atoms with van der Waals surface area (Å²) < 4.78 is 0. The number of nitrogens with one attached hydrogen (secondary N) is 1. The molecule has 66 valence electrons. The molecule has 0 spiro atoms. The van der Waals surface area contributed by atoms with Gasteiger partial charge in [0, 0.05) is 6.04 Å². The van der Waals surface area contributed by atoms with Crippen molar-refractivity contribution in [2.75, 3.05) is 0 Å². The third-order valence-corrected chi connectivity index (χ3v) is 3.02. The fourth-order valence-electron chi connectivity index (χ4n) is 2.38. The molecule has 1 aromatic rings. The summed E-state index contributed by atoms with van der Waals surface area (Å²) in [4.78, 5) is 0. The van der Waals surface area contributed by atoms with Gasteiger partial charge in [-0.15, -0.1) is 0 Å². The zero-order valence-corrected chi connectivity index (χ0v) is 7.53. The smallest absolute Gasteiger partial charge is 0.0511 e. The van der Waals surface area contributed by atoms with Gasteiger partial charge in [0.1, 0.15) is 0 Å². The molecule has 0 aromatic heterocycles. The molecule has 1 nitrogen and oxygen atoms in total. The van der Waals surface area contributed by atoms with E-state index in [1.807, 2.05) is 0 Å². The Bertz CT molecular complexity index is 354. The van der Waals surface area contributed by atoms with Gasteiger partial charge in [0.05, 0.1) is 6.04 Å². The van der Waals surface area contributed by atoms with Crippen LogP contribution in [0, 0.1) is 0 Å². The normalized spacial score (nSPS) is 29.8. The van der Waals surface area contributed by atoms with E-state index in [1.165, 1.54) is 24.0 Å². The van der Waals surface area contributed by atoms with Gasteiger partial charge in [0.25, 0.3) is 0 Å². The SMILES string of the molecule is C1=CC2NC(C1)Cc1ccccc12. The maximum absolute atomic E-state index is 3.62. The van der Waals surface area contributed by atoms with Crippen LogP contribution in [-0.2, 0) is 6.42 Å². The molecule has 2 unspecified atom stereocenters. The third-order valence-electron chi connectivity index (χ3n) is 3.02. The molecule has 13 heavy (non-hydrogen) atoms. The summed E-state index contributed by atoms with van der Waals surface area (Å²) in [5, 5.41) is 3.62. The van der Waals surface area contributed by atoms with Crippen LogP contribution in [0.25, 0.3) is 0 Å². The van der Waals surface area contributed by atoms with Crippen molar-refractivity contribution in [3.05, 3.63) is 47.5 Å². The molecule has 0 amide bonds. The van der Waals surface area contributed by atoms with Crippen LogP contribution in [0.2, 0.25) is 0 Å². The van der Waals surface area contributed by atoms with E-state index in [2.05, 4.69) is 41.7 Å². The average molecular weight is 171 g/mol. The number of hydrogen-bond acceptors (Lipinski definition) is 1. The van der Waals surface area contributed by atoms with Crippen LogP contribution in [0.15, 0.2) is 36.4 Å². The largest absolute Gasteiger partial charge is 0.303 e. The molecule has 0 fully saturated rings. The van der Waals surface area contributed by atoms with Gasteiger partial charge in [-0.2, -0.15) is 0 Å². The van der Waals surface area contributed by atoms with Crippen molar-refractivity contribution in [3.63, 3.8) is 0 Å². The second-order valence-corrected chi connectivity index (χ2v) is 3.91. The molecule has 2 heterocycles. The Kier molecular flexibility index (Phi) is 1.53. The maximum atomic E-state index is 3.62. The second-order valence-electron chi connectivity index (χ2n) is 3.91. The van der Waals surface area contributed by atoms with Crippen LogP contribution < -0.4 is 5.32 Å². The van der Waals surface area contributed by atoms with E-state index >= 15 is 0 Å². The van der Waals surface area contributed by atoms with Crippen molar-refractivity contribution >= 4 is 0 Å². The maximum Gasteiger partial charge on any atom is 0.0511 e. The zero-order valence-electron chi connectivity index (χ0n) is 7.53. The van der Waals surface area contributed by atoms with Crippen molar-refractivity contribution in [1.82, 2.24) is 5.32 Å². The minimum Gasteiger partial charge on any atom is -0.303 e. The first kappa shape index (κ1) is 7.34. The van der Waals surface area contributed by atoms with Gasteiger partial charge in [-0.1, -0.05) is 36.4 Å². The predicted molar refractivity (Wildman–Crippen MR) is 53.6 cm³/mol. The lowest BCUT2D eigenvalue weighted by atomic mass is 9.86. The highest BCUT2D eigenvalue weighted by atomic mass is 15.0. The lowest BCUT2D eigenvalue weighted by Gasteiger charge is -2.34. The molecule has 0 saturated carbocycles. The van der Waals surface area contributed by atoms with Gasteiger partial charge >= 0.3 is 0 Å². The number of rotatable bonds is 0. The summed E-state index contributed by atoms with van der Waals surface area (Å²) >= 11 is 0. The Balaban J connectivity index is 2.12. The lowest BCUT2D eigenvalue weighted by molar-refractivity contribution is 0.429. The Hall–Kier alpha value is -1.08. The fourth-order valence-corrected chi connectivity index (χ4v) is 2.38. The van der Waals surface area contributed by atoms with Crippen LogP contribution in [0.1, 0.15) is 23.6 Å². The molecule has 0 radical (unpaired) electrons. The first-order chi connectivity index (χ1) is 6.43. The van der Waals surface area contributed by atoms with Gasteiger partial charge in [-0.05, 0) is 24.0 Å². The summed E-state index contributed by atoms with van der Waals surface area (Å²) in [6.45, 7) is 0. The van der Waals surface area contributed by atoms with Gasteiger partial charge in [0.2, 0.25) is 0 Å². The second kappa shape index (κ2) is 2.71. The molecule has 1 aromatic carbocycles. The summed E-state index contributed by atoms with van der Waals surface area (Å²) in [6, 6.07) is 9.91. The van der Waals surface area contributed by atoms with E-state index in [-0.39, 0.29) is 0 Å². The molecule has 1 heteroatoms. The first-order valence-corrected chi connectivity index (χ1v) is 4.94. The monoisotopic (exact) mass is 171 g/mol. The predicted octanol–water partition coefficient (Wildman–Crippen LogP) is 2.20. The minimum absolute atomic E-state index is 0.476.